The molecule has 1 N–H and O–H groups in total. The molecule has 1 aromatic heterocycles. The summed E-state index contributed by atoms with van der Waals surface area (Å²) in [6.07, 6.45) is 1.77. The first-order chi connectivity index (χ1) is 7.26. The highest BCUT2D eigenvalue weighted by Crippen LogP contribution is 2.24. The van der Waals surface area contributed by atoms with E-state index in [0.717, 1.165) is 10.9 Å². The Labute approximate surface area is 86.8 Å². The van der Waals surface area contributed by atoms with E-state index in [1.54, 1.807) is 19.4 Å². The molecule has 0 unspecified atom stereocenters. The summed E-state index contributed by atoms with van der Waals surface area (Å²) in [5, 5.41) is 0.926. The molecular weight excluding hydrogens is 194 g/mol. The molecule has 0 radical (unpaired) electrons. The first-order valence-corrected chi connectivity index (χ1v) is 4.49. The maximum atomic E-state index is 11.5. The van der Waals surface area contributed by atoms with Gasteiger partial charge in [-0.2, -0.15) is 0 Å². The van der Waals surface area contributed by atoms with Crippen molar-refractivity contribution in [2.24, 2.45) is 0 Å². The van der Waals surface area contributed by atoms with Gasteiger partial charge in [0.25, 0.3) is 0 Å². The van der Waals surface area contributed by atoms with Gasteiger partial charge in [-0.1, -0.05) is 0 Å². The molecule has 0 spiro atoms. The highest BCUT2D eigenvalue weighted by Gasteiger charge is 2.13. The van der Waals surface area contributed by atoms with Gasteiger partial charge in [-0.05, 0) is 18.2 Å². The number of benzene rings is 1. The number of hydrogen-bond acceptors (Lipinski definition) is 3. The van der Waals surface area contributed by atoms with Crippen LogP contribution in [0.3, 0.4) is 0 Å². The zero-order chi connectivity index (χ0) is 10.8. The van der Waals surface area contributed by atoms with Gasteiger partial charge in [0, 0.05) is 11.6 Å². The summed E-state index contributed by atoms with van der Waals surface area (Å²) in [5.41, 5.74) is 1.25. The molecule has 0 bridgehead atoms. The van der Waals surface area contributed by atoms with Gasteiger partial charge in [0.15, 0.2) is 0 Å². The molecule has 0 aliphatic heterocycles. The average molecular weight is 205 g/mol. The van der Waals surface area contributed by atoms with E-state index in [1.165, 1.54) is 7.11 Å². The summed E-state index contributed by atoms with van der Waals surface area (Å²) >= 11 is 0. The number of fused-ring (bicyclic) bond motifs is 1. The van der Waals surface area contributed by atoms with Crippen molar-refractivity contribution in [2.75, 3.05) is 14.2 Å². The first-order valence-electron chi connectivity index (χ1n) is 4.49. The minimum atomic E-state index is -0.374. The molecule has 0 saturated heterocycles. The van der Waals surface area contributed by atoms with Crippen molar-refractivity contribution >= 4 is 16.9 Å². The number of carbonyl (C=O) groups is 1. The van der Waals surface area contributed by atoms with Crippen LogP contribution in [0.15, 0.2) is 24.4 Å². The van der Waals surface area contributed by atoms with Crippen molar-refractivity contribution in [3.63, 3.8) is 0 Å². The Morgan fingerprint density at radius 1 is 1.33 bits per heavy atom. The number of hydrogen-bond donors (Lipinski definition) is 1. The Bertz CT molecular complexity index is 502. The first kappa shape index (κ1) is 9.58. The third-order valence-electron chi connectivity index (χ3n) is 2.27. The number of rotatable bonds is 2. The Balaban J connectivity index is 2.68. The van der Waals surface area contributed by atoms with E-state index in [0.29, 0.717) is 11.3 Å². The molecule has 4 heteroatoms. The third kappa shape index (κ3) is 1.54. The summed E-state index contributed by atoms with van der Waals surface area (Å²) in [4.78, 5) is 14.5. The van der Waals surface area contributed by atoms with Crippen LogP contribution >= 0.6 is 0 Å². The van der Waals surface area contributed by atoms with Crippen LogP contribution in [0.25, 0.3) is 10.9 Å². The molecule has 4 nitrogen and oxygen atoms in total. The maximum Gasteiger partial charge on any atom is 0.340 e. The molecule has 0 aliphatic carbocycles. The van der Waals surface area contributed by atoms with Gasteiger partial charge in [-0.25, -0.2) is 4.79 Å². The van der Waals surface area contributed by atoms with Crippen molar-refractivity contribution in [3.8, 4) is 5.75 Å². The summed E-state index contributed by atoms with van der Waals surface area (Å²) in [5.74, 6) is 0.267. The number of esters is 1. The smallest absolute Gasteiger partial charge is 0.340 e. The minimum absolute atomic E-state index is 0.374. The van der Waals surface area contributed by atoms with E-state index in [2.05, 4.69) is 4.98 Å². The van der Waals surface area contributed by atoms with Crippen LogP contribution in [0.2, 0.25) is 0 Å². The molecule has 1 heterocycles. The van der Waals surface area contributed by atoms with Gasteiger partial charge < -0.3 is 14.5 Å². The van der Waals surface area contributed by atoms with Gasteiger partial charge in [0.05, 0.1) is 25.3 Å². The molecule has 0 atom stereocenters. The molecule has 2 aromatic rings. The number of H-pyrrole nitrogens is 1. The predicted molar refractivity (Wildman–Crippen MR) is 56.2 cm³/mol. The second-order valence-corrected chi connectivity index (χ2v) is 3.11. The number of aromatic nitrogens is 1. The van der Waals surface area contributed by atoms with E-state index in [4.69, 9.17) is 9.47 Å². The minimum Gasteiger partial charge on any atom is -0.497 e. The fourth-order valence-corrected chi connectivity index (χ4v) is 1.53. The number of nitrogens with one attached hydrogen (secondary N) is 1. The topological polar surface area (TPSA) is 51.3 Å². The molecular formula is C11H11NO3. The number of methoxy groups -OCH3 is 2. The second kappa shape index (κ2) is 3.65. The summed E-state index contributed by atoms with van der Waals surface area (Å²) in [6.45, 7) is 0. The van der Waals surface area contributed by atoms with Crippen LogP contribution in [0, 0.1) is 0 Å². The molecule has 0 aliphatic rings. The molecule has 2 rings (SSSR count). The predicted octanol–water partition coefficient (Wildman–Crippen LogP) is 1.96. The number of ether oxygens (including phenoxy) is 2. The lowest BCUT2D eigenvalue weighted by atomic mass is 10.1. The van der Waals surface area contributed by atoms with Gasteiger partial charge in [-0.3, -0.25) is 0 Å². The van der Waals surface area contributed by atoms with E-state index in [9.17, 15) is 4.79 Å². The van der Waals surface area contributed by atoms with Crippen molar-refractivity contribution in [1.29, 1.82) is 0 Å². The fourth-order valence-electron chi connectivity index (χ4n) is 1.53. The van der Waals surface area contributed by atoms with Crippen LogP contribution in [0.4, 0.5) is 0 Å². The summed E-state index contributed by atoms with van der Waals surface area (Å²) in [7, 11) is 2.92. The van der Waals surface area contributed by atoms with Crippen molar-refractivity contribution < 1.29 is 14.3 Å². The van der Waals surface area contributed by atoms with Crippen LogP contribution in [0.1, 0.15) is 10.4 Å². The highest BCUT2D eigenvalue weighted by molar-refractivity contribution is 6.03. The van der Waals surface area contributed by atoms with E-state index < -0.39 is 0 Å². The van der Waals surface area contributed by atoms with Gasteiger partial charge >= 0.3 is 5.97 Å². The Hall–Kier alpha value is -1.97. The van der Waals surface area contributed by atoms with E-state index >= 15 is 0 Å². The highest BCUT2D eigenvalue weighted by atomic mass is 16.5. The lowest BCUT2D eigenvalue weighted by Crippen LogP contribution is -2.02. The maximum absolute atomic E-state index is 11.5. The molecule has 78 valence electrons. The average Bonchev–Trinajstić information content (AvgIpc) is 2.74. The standard InChI is InChI=1S/C11H11NO3/c1-14-8-5-7-3-4-12-10(7)9(6-8)11(13)15-2/h3-6,12H,1-2H3. The molecule has 15 heavy (non-hydrogen) atoms. The van der Waals surface area contributed by atoms with Gasteiger partial charge in [-0.15, -0.1) is 0 Å². The monoisotopic (exact) mass is 205 g/mol. The summed E-state index contributed by atoms with van der Waals surface area (Å²) < 4.78 is 9.80. The second-order valence-electron chi connectivity index (χ2n) is 3.11. The molecule has 1 aromatic carbocycles. The summed E-state index contributed by atoms with van der Waals surface area (Å²) in [6, 6.07) is 5.40. The van der Waals surface area contributed by atoms with E-state index in [-0.39, 0.29) is 5.97 Å². The van der Waals surface area contributed by atoms with Crippen LogP contribution < -0.4 is 4.74 Å². The van der Waals surface area contributed by atoms with E-state index in [1.807, 2.05) is 12.1 Å². The van der Waals surface area contributed by atoms with Crippen LogP contribution in [-0.2, 0) is 4.74 Å². The Kier molecular flexibility index (Phi) is 2.33. The molecule has 0 saturated carbocycles. The van der Waals surface area contributed by atoms with Crippen molar-refractivity contribution in [2.45, 2.75) is 0 Å². The fraction of sp³-hybridized carbons (Fsp3) is 0.182. The largest absolute Gasteiger partial charge is 0.497 e. The Morgan fingerprint density at radius 2 is 2.13 bits per heavy atom. The number of aromatic amines is 1. The van der Waals surface area contributed by atoms with Crippen molar-refractivity contribution in [1.82, 2.24) is 4.98 Å². The van der Waals surface area contributed by atoms with Gasteiger partial charge in [0.1, 0.15) is 5.75 Å². The van der Waals surface area contributed by atoms with Gasteiger partial charge in [0.2, 0.25) is 0 Å². The zero-order valence-electron chi connectivity index (χ0n) is 8.53. The van der Waals surface area contributed by atoms with Crippen LogP contribution in [0.5, 0.6) is 5.75 Å². The Morgan fingerprint density at radius 3 is 2.80 bits per heavy atom. The third-order valence-corrected chi connectivity index (χ3v) is 2.27. The molecule has 0 amide bonds. The zero-order valence-corrected chi connectivity index (χ0v) is 8.53. The quantitative estimate of drug-likeness (QED) is 0.762. The number of carbonyl (C=O) groups excluding carboxylic acids is 1. The lowest BCUT2D eigenvalue weighted by molar-refractivity contribution is 0.0602. The normalized spacial score (nSPS) is 10.3. The van der Waals surface area contributed by atoms with Crippen molar-refractivity contribution in [3.05, 3.63) is 30.0 Å². The van der Waals surface area contributed by atoms with Crippen LogP contribution in [-0.4, -0.2) is 25.2 Å². The SMILES string of the molecule is COC(=O)c1cc(OC)cc2cc[nH]c12. The molecule has 0 fully saturated rings. The lowest BCUT2D eigenvalue weighted by Gasteiger charge is -2.04.